The predicted octanol–water partition coefficient (Wildman–Crippen LogP) is -0.578. The quantitative estimate of drug-likeness (QED) is 0.390. The van der Waals surface area contributed by atoms with Crippen molar-refractivity contribution in [3.05, 3.63) is 0 Å². The second-order valence-corrected chi connectivity index (χ2v) is 1.60. The zero-order valence-electron chi connectivity index (χ0n) is 4.98. The van der Waals surface area contributed by atoms with Crippen LogP contribution in [0.15, 0.2) is 0 Å². The SMILES string of the molecule is CNCCCC(=O)O.[LiH]. The third-order valence-electron chi connectivity index (χ3n) is 0.817. The molecule has 0 rings (SSSR count). The summed E-state index contributed by atoms with van der Waals surface area (Å²) in [6, 6.07) is 0. The van der Waals surface area contributed by atoms with Crippen LogP contribution in [-0.4, -0.2) is 43.5 Å². The Labute approximate surface area is 67.0 Å². The molecule has 0 saturated heterocycles. The molecular weight excluding hydrogens is 113 g/mol. The van der Waals surface area contributed by atoms with Crippen molar-refractivity contribution in [2.24, 2.45) is 0 Å². The van der Waals surface area contributed by atoms with Crippen molar-refractivity contribution >= 4 is 24.8 Å². The molecule has 0 atom stereocenters. The third-order valence-corrected chi connectivity index (χ3v) is 0.817. The Balaban J connectivity index is 0. The molecule has 0 bridgehead atoms. The average molecular weight is 125 g/mol. The van der Waals surface area contributed by atoms with E-state index in [2.05, 4.69) is 5.32 Å². The van der Waals surface area contributed by atoms with Crippen LogP contribution in [0.5, 0.6) is 0 Å². The van der Waals surface area contributed by atoms with Gasteiger partial charge in [0.2, 0.25) is 0 Å². The first-order chi connectivity index (χ1) is 3.77. The van der Waals surface area contributed by atoms with Crippen LogP contribution in [0.25, 0.3) is 0 Å². The van der Waals surface area contributed by atoms with E-state index in [1.54, 1.807) is 0 Å². The Bertz CT molecular complexity index is 77.4. The van der Waals surface area contributed by atoms with E-state index in [4.69, 9.17) is 5.11 Å². The van der Waals surface area contributed by atoms with Gasteiger partial charge in [-0.25, -0.2) is 0 Å². The van der Waals surface area contributed by atoms with E-state index in [0.29, 0.717) is 6.42 Å². The van der Waals surface area contributed by atoms with E-state index in [1.807, 2.05) is 7.05 Å². The number of aliphatic carboxylic acids is 1. The van der Waals surface area contributed by atoms with E-state index in [1.165, 1.54) is 0 Å². The van der Waals surface area contributed by atoms with Gasteiger partial charge in [0.05, 0.1) is 0 Å². The van der Waals surface area contributed by atoms with Gasteiger partial charge in [0.25, 0.3) is 0 Å². The predicted molar refractivity (Wildman–Crippen MR) is 37.9 cm³/mol. The van der Waals surface area contributed by atoms with E-state index in [-0.39, 0.29) is 25.3 Å². The maximum atomic E-state index is 9.85. The van der Waals surface area contributed by atoms with Gasteiger partial charge in [0.1, 0.15) is 0 Å². The molecule has 0 amide bonds. The number of carboxylic acids is 1. The van der Waals surface area contributed by atoms with E-state index >= 15 is 0 Å². The van der Waals surface area contributed by atoms with Gasteiger partial charge in [-0.3, -0.25) is 4.79 Å². The number of carbonyl (C=O) groups is 1. The fourth-order valence-corrected chi connectivity index (χ4v) is 0.416. The van der Waals surface area contributed by atoms with Crippen LogP contribution in [0.2, 0.25) is 0 Å². The first kappa shape index (κ1) is 11.8. The van der Waals surface area contributed by atoms with Gasteiger partial charge in [0, 0.05) is 6.42 Å². The number of carboxylic acid groups (broad SMARTS) is 1. The van der Waals surface area contributed by atoms with Crippen molar-refractivity contribution in [3.63, 3.8) is 0 Å². The summed E-state index contributed by atoms with van der Waals surface area (Å²) in [4.78, 5) is 9.85. The first-order valence-corrected chi connectivity index (χ1v) is 2.63. The third kappa shape index (κ3) is 11.5. The molecule has 9 heavy (non-hydrogen) atoms. The molecule has 3 nitrogen and oxygen atoms in total. The molecule has 0 unspecified atom stereocenters. The van der Waals surface area contributed by atoms with Gasteiger partial charge >= 0.3 is 24.8 Å². The molecular formula is C5H12LiNO2. The van der Waals surface area contributed by atoms with Crippen LogP contribution < -0.4 is 5.32 Å². The van der Waals surface area contributed by atoms with E-state index in [9.17, 15) is 4.79 Å². The van der Waals surface area contributed by atoms with Gasteiger partial charge < -0.3 is 10.4 Å². The molecule has 0 aliphatic carbocycles. The Morgan fingerprint density at radius 2 is 2.22 bits per heavy atom. The molecule has 0 aliphatic rings. The summed E-state index contributed by atoms with van der Waals surface area (Å²) < 4.78 is 0. The number of hydrogen-bond donors (Lipinski definition) is 2. The molecule has 0 spiro atoms. The Hall–Kier alpha value is 0.0274. The van der Waals surface area contributed by atoms with Gasteiger partial charge in [0.15, 0.2) is 0 Å². The molecule has 0 saturated carbocycles. The summed E-state index contributed by atoms with van der Waals surface area (Å²) in [7, 11) is 1.81. The number of nitrogens with one attached hydrogen (secondary N) is 1. The molecule has 0 aromatic heterocycles. The van der Waals surface area contributed by atoms with Crippen LogP contribution in [0.3, 0.4) is 0 Å². The first-order valence-electron chi connectivity index (χ1n) is 2.63. The van der Waals surface area contributed by atoms with Crippen LogP contribution in [0.4, 0.5) is 0 Å². The summed E-state index contributed by atoms with van der Waals surface area (Å²) in [6.07, 6.45) is 0.979. The van der Waals surface area contributed by atoms with Crippen LogP contribution in [-0.2, 0) is 4.79 Å². The standard InChI is InChI=1S/C5H11NO2.Li.H/c1-6-4-2-3-5(7)8;;/h6H,2-4H2,1H3,(H,7,8);;. The molecule has 0 aliphatic heterocycles. The summed E-state index contributed by atoms with van der Waals surface area (Å²) in [5.41, 5.74) is 0. The van der Waals surface area contributed by atoms with E-state index < -0.39 is 5.97 Å². The molecule has 0 radical (unpaired) electrons. The number of rotatable bonds is 4. The minimum atomic E-state index is -0.722. The molecule has 0 aromatic rings. The van der Waals surface area contributed by atoms with Gasteiger partial charge in [-0.05, 0) is 20.0 Å². The van der Waals surface area contributed by atoms with Gasteiger partial charge in [-0.1, -0.05) is 0 Å². The molecule has 50 valence electrons. The van der Waals surface area contributed by atoms with Crippen molar-refractivity contribution in [2.45, 2.75) is 12.8 Å². The fourth-order valence-electron chi connectivity index (χ4n) is 0.416. The van der Waals surface area contributed by atoms with Crippen LogP contribution in [0.1, 0.15) is 12.8 Å². The molecule has 0 fully saturated rings. The summed E-state index contributed by atoms with van der Waals surface area (Å²) in [5.74, 6) is -0.722. The summed E-state index contributed by atoms with van der Waals surface area (Å²) in [6.45, 7) is 0.784. The maximum absolute atomic E-state index is 9.85. The van der Waals surface area contributed by atoms with Crippen molar-refractivity contribution in [3.8, 4) is 0 Å². The Morgan fingerprint density at radius 3 is 2.56 bits per heavy atom. The van der Waals surface area contributed by atoms with E-state index in [0.717, 1.165) is 6.54 Å². The second-order valence-electron chi connectivity index (χ2n) is 1.60. The van der Waals surface area contributed by atoms with Crippen molar-refractivity contribution in [1.29, 1.82) is 0 Å². The Kier molecular flexibility index (Phi) is 10.5. The van der Waals surface area contributed by atoms with Gasteiger partial charge in [-0.2, -0.15) is 0 Å². The average Bonchev–Trinajstić information content (AvgIpc) is 1.66. The Morgan fingerprint density at radius 1 is 1.67 bits per heavy atom. The van der Waals surface area contributed by atoms with Crippen molar-refractivity contribution in [1.82, 2.24) is 5.32 Å². The molecule has 2 N–H and O–H groups in total. The number of hydrogen-bond acceptors (Lipinski definition) is 2. The normalized spacial score (nSPS) is 8.11. The van der Waals surface area contributed by atoms with Gasteiger partial charge in [-0.15, -0.1) is 0 Å². The monoisotopic (exact) mass is 125 g/mol. The van der Waals surface area contributed by atoms with Crippen molar-refractivity contribution in [2.75, 3.05) is 13.6 Å². The topological polar surface area (TPSA) is 49.3 Å². The molecule has 0 heterocycles. The zero-order valence-corrected chi connectivity index (χ0v) is 4.98. The van der Waals surface area contributed by atoms with Crippen LogP contribution in [0, 0.1) is 0 Å². The van der Waals surface area contributed by atoms with Crippen molar-refractivity contribution < 1.29 is 9.90 Å². The van der Waals surface area contributed by atoms with Crippen LogP contribution >= 0.6 is 0 Å². The minimum absolute atomic E-state index is 0. The molecule has 0 aromatic carbocycles. The summed E-state index contributed by atoms with van der Waals surface area (Å²) >= 11 is 0. The second kappa shape index (κ2) is 8.03. The molecule has 4 heteroatoms. The fraction of sp³-hybridized carbons (Fsp3) is 0.800. The summed E-state index contributed by atoms with van der Waals surface area (Å²) in [5, 5.41) is 11.0. The zero-order chi connectivity index (χ0) is 6.41.